The van der Waals surface area contributed by atoms with Gasteiger partial charge in [-0.05, 0) is 33.1 Å². The molecule has 2 N–H and O–H groups in total. The fraction of sp³-hybridized carbons (Fsp3) is 0.647. The largest absolute Gasteiger partial charge is 0.379 e. The van der Waals surface area contributed by atoms with E-state index < -0.39 is 0 Å². The van der Waals surface area contributed by atoms with Crippen molar-refractivity contribution in [3.8, 4) is 0 Å². The molecule has 28 heavy (non-hydrogen) atoms. The molecule has 0 bridgehead atoms. The first-order valence-corrected chi connectivity index (χ1v) is 9.14. The number of nitrogens with one attached hydrogen (secondary N) is 2. The van der Waals surface area contributed by atoms with Crippen LogP contribution in [0, 0.1) is 19.8 Å². The van der Waals surface area contributed by atoms with Crippen LogP contribution >= 0.6 is 0 Å². The van der Waals surface area contributed by atoms with E-state index in [1.54, 1.807) is 32.9 Å². The highest BCUT2D eigenvalue weighted by Crippen LogP contribution is 2.28. The maximum atomic E-state index is 12.8. The maximum Gasteiger partial charge on any atom is 0.274 e. The predicted molar refractivity (Wildman–Crippen MR) is 96.0 cm³/mol. The second kappa shape index (κ2) is 8.46. The SMILES string of the molecule is CO[C@@H]1C[C@@H](C(=O)N(C)Cc2nc(C)no2)CC[C@H]1NC(=O)c1n[nH]nc1C. The molecule has 2 aromatic rings. The Bertz CT molecular complexity index is 833. The number of hydrogen-bond acceptors (Lipinski definition) is 8. The molecule has 1 fully saturated rings. The van der Waals surface area contributed by atoms with Crippen molar-refractivity contribution in [2.24, 2.45) is 5.92 Å². The van der Waals surface area contributed by atoms with Crippen molar-refractivity contribution in [2.45, 2.75) is 51.8 Å². The summed E-state index contributed by atoms with van der Waals surface area (Å²) in [7, 11) is 3.30. The molecule has 11 heteroatoms. The van der Waals surface area contributed by atoms with E-state index in [0.29, 0.717) is 36.7 Å². The van der Waals surface area contributed by atoms with Crippen LogP contribution in [0.15, 0.2) is 4.52 Å². The molecule has 0 radical (unpaired) electrons. The highest BCUT2D eigenvalue weighted by molar-refractivity contribution is 5.93. The Morgan fingerprint density at radius 1 is 1.32 bits per heavy atom. The standard InChI is InChI=1S/C17H25N7O4/c1-9-15(21-23-20-9)16(25)19-12-6-5-11(7-13(12)27-4)17(26)24(3)8-14-18-10(2)22-28-14/h11-13H,5-8H2,1-4H3,(H,19,25)(H,20,21,23)/t11-,12+,13+/m0/s1. The van der Waals surface area contributed by atoms with Gasteiger partial charge in [-0.25, -0.2) is 0 Å². The highest BCUT2D eigenvalue weighted by Gasteiger charge is 2.36. The van der Waals surface area contributed by atoms with E-state index in [-0.39, 0.29) is 42.1 Å². The number of H-pyrrole nitrogens is 1. The van der Waals surface area contributed by atoms with Gasteiger partial charge in [-0.15, -0.1) is 0 Å². The number of aryl methyl sites for hydroxylation is 2. The molecule has 3 rings (SSSR count). The second-order valence-corrected chi connectivity index (χ2v) is 7.05. The van der Waals surface area contributed by atoms with E-state index in [2.05, 4.69) is 30.9 Å². The monoisotopic (exact) mass is 391 g/mol. The quantitative estimate of drug-likeness (QED) is 0.720. The summed E-state index contributed by atoms with van der Waals surface area (Å²) in [6, 6.07) is -0.193. The molecule has 1 aliphatic rings. The number of aromatic amines is 1. The van der Waals surface area contributed by atoms with Crippen LogP contribution in [-0.2, 0) is 16.1 Å². The Balaban J connectivity index is 1.58. The van der Waals surface area contributed by atoms with E-state index in [0.717, 1.165) is 0 Å². The van der Waals surface area contributed by atoms with E-state index in [9.17, 15) is 9.59 Å². The van der Waals surface area contributed by atoms with Crippen LogP contribution in [0.1, 0.15) is 47.2 Å². The van der Waals surface area contributed by atoms with Crippen molar-refractivity contribution in [1.82, 2.24) is 35.8 Å². The van der Waals surface area contributed by atoms with Crippen LogP contribution in [0.25, 0.3) is 0 Å². The lowest BCUT2D eigenvalue weighted by Gasteiger charge is -2.36. The molecule has 1 aliphatic carbocycles. The van der Waals surface area contributed by atoms with Crippen molar-refractivity contribution >= 4 is 11.8 Å². The fourth-order valence-electron chi connectivity index (χ4n) is 3.51. The minimum Gasteiger partial charge on any atom is -0.379 e. The van der Waals surface area contributed by atoms with Gasteiger partial charge in [0, 0.05) is 20.1 Å². The molecule has 1 saturated carbocycles. The molecule has 3 atom stereocenters. The summed E-state index contributed by atoms with van der Waals surface area (Å²) < 4.78 is 10.6. The summed E-state index contributed by atoms with van der Waals surface area (Å²) in [5.74, 6) is 0.442. The van der Waals surface area contributed by atoms with Crippen molar-refractivity contribution < 1.29 is 18.8 Å². The maximum absolute atomic E-state index is 12.8. The zero-order valence-electron chi connectivity index (χ0n) is 16.4. The van der Waals surface area contributed by atoms with E-state index in [1.807, 2.05) is 0 Å². The van der Waals surface area contributed by atoms with Crippen molar-refractivity contribution in [2.75, 3.05) is 14.2 Å². The molecule has 2 heterocycles. The molecule has 2 aromatic heterocycles. The minimum absolute atomic E-state index is 0.00461. The van der Waals surface area contributed by atoms with Crippen LogP contribution in [-0.4, -0.2) is 68.6 Å². The summed E-state index contributed by atoms with van der Waals surface area (Å²) in [6.45, 7) is 3.70. The van der Waals surface area contributed by atoms with E-state index in [4.69, 9.17) is 9.26 Å². The fourth-order valence-corrected chi connectivity index (χ4v) is 3.51. The van der Waals surface area contributed by atoms with Crippen LogP contribution in [0.5, 0.6) is 0 Å². The van der Waals surface area contributed by atoms with Gasteiger partial charge >= 0.3 is 0 Å². The number of hydrogen-bond donors (Lipinski definition) is 2. The molecular formula is C17H25N7O4. The Labute approximate surface area is 162 Å². The smallest absolute Gasteiger partial charge is 0.274 e. The molecule has 0 unspecified atom stereocenters. The number of carbonyl (C=O) groups excluding carboxylic acids is 2. The third-order valence-electron chi connectivity index (χ3n) is 5.02. The van der Waals surface area contributed by atoms with Crippen molar-refractivity contribution in [1.29, 1.82) is 0 Å². The topological polar surface area (TPSA) is 139 Å². The lowest BCUT2D eigenvalue weighted by molar-refractivity contribution is -0.138. The Kier molecular flexibility index (Phi) is 6.02. The number of aromatic nitrogens is 5. The zero-order valence-corrected chi connectivity index (χ0v) is 16.4. The van der Waals surface area contributed by atoms with Gasteiger partial charge in [-0.3, -0.25) is 9.59 Å². The highest BCUT2D eigenvalue weighted by atomic mass is 16.5. The van der Waals surface area contributed by atoms with Crippen LogP contribution < -0.4 is 5.32 Å². The molecule has 0 aromatic carbocycles. The third-order valence-corrected chi connectivity index (χ3v) is 5.02. The van der Waals surface area contributed by atoms with Gasteiger partial charge in [0.05, 0.1) is 24.4 Å². The summed E-state index contributed by atoms with van der Waals surface area (Å²) in [6.07, 6.45) is 1.53. The minimum atomic E-state index is -0.299. The number of amides is 2. The average Bonchev–Trinajstić information content (AvgIpc) is 3.29. The van der Waals surface area contributed by atoms with Crippen molar-refractivity contribution in [3.63, 3.8) is 0 Å². The second-order valence-electron chi connectivity index (χ2n) is 7.05. The first kappa shape index (κ1) is 19.9. The predicted octanol–water partition coefficient (Wildman–Crippen LogP) is 0.377. The Morgan fingerprint density at radius 3 is 2.71 bits per heavy atom. The molecule has 0 saturated heterocycles. The number of rotatable bonds is 6. The summed E-state index contributed by atoms with van der Waals surface area (Å²) in [5, 5.41) is 16.9. The van der Waals surface area contributed by atoms with Crippen LogP contribution in [0.4, 0.5) is 0 Å². The first-order chi connectivity index (χ1) is 13.4. The zero-order chi connectivity index (χ0) is 20.3. The van der Waals surface area contributed by atoms with Crippen molar-refractivity contribution in [3.05, 3.63) is 23.1 Å². The van der Waals surface area contributed by atoms with Gasteiger partial charge in [0.15, 0.2) is 11.5 Å². The number of nitrogens with zero attached hydrogens (tertiary/aromatic N) is 5. The molecular weight excluding hydrogens is 366 g/mol. The molecule has 2 amide bonds. The van der Waals surface area contributed by atoms with Gasteiger partial charge < -0.3 is 19.5 Å². The molecule has 152 valence electrons. The number of carbonyl (C=O) groups is 2. The normalized spacial score (nSPS) is 22.1. The van der Waals surface area contributed by atoms with Crippen LogP contribution in [0.3, 0.4) is 0 Å². The Morgan fingerprint density at radius 2 is 2.11 bits per heavy atom. The third kappa shape index (κ3) is 4.35. The van der Waals surface area contributed by atoms with Gasteiger partial charge in [0.25, 0.3) is 5.91 Å². The van der Waals surface area contributed by atoms with E-state index in [1.165, 1.54) is 0 Å². The van der Waals surface area contributed by atoms with Crippen LogP contribution in [0.2, 0.25) is 0 Å². The lowest BCUT2D eigenvalue weighted by Crippen LogP contribution is -2.50. The summed E-state index contributed by atoms with van der Waals surface area (Å²) in [4.78, 5) is 30.9. The average molecular weight is 391 g/mol. The molecule has 11 nitrogen and oxygen atoms in total. The number of methoxy groups -OCH3 is 1. The Hall–Kier alpha value is -2.82. The molecule has 0 aliphatic heterocycles. The summed E-state index contributed by atoms with van der Waals surface area (Å²) >= 11 is 0. The van der Waals surface area contributed by atoms with Gasteiger partial charge in [-0.2, -0.15) is 20.4 Å². The first-order valence-electron chi connectivity index (χ1n) is 9.14. The number of ether oxygens (including phenoxy) is 1. The van der Waals surface area contributed by atoms with Gasteiger partial charge in [-0.1, -0.05) is 5.16 Å². The summed E-state index contributed by atoms with van der Waals surface area (Å²) in [5.41, 5.74) is 0.802. The lowest BCUT2D eigenvalue weighted by atomic mass is 9.83. The molecule has 0 spiro atoms. The van der Waals surface area contributed by atoms with Gasteiger partial charge in [0.1, 0.15) is 0 Å². The van der Waals surface area contributed by atoms with Gasteiger partial charge in [0.2, 0.25) is 11.8 Å². The van der Waals surface area contributed by atoms with E-state index >= 15 is 0 Å².